The van der Waals surface area contributed by atoms with Crippen LogP contribution in [0.3, 0.4) is 0 Å². The first kappa shape index (κ1) is 13.9. The number of nitrogens with zero attached hydrogens (tertiary/aromatic N) is 1. The van der Waals surface area contributed by atoms with Gasteiger partial charge in [0.1, 0.15) is 5.60 Å². The van der Waals surface area contributed by atoms with E-state index in [1.54, 1.807) is 0 Å². The van der Waals surface area contributed by atoms with Gasteiger partial charge in [0.25, 0.3) is 0 Å². The van der Waals surface area contributed by atoms with Gasteiger partial charge in [0, 0.05) is 0 Å². The average molecular weight is 211 g/mol. The number of carbonyl (C=O) groups excluding carboxylic acids is 1. The van der Waals surface area contributed by atoms with Crippen molar-refractivity contribution < 1.29 is 9.53 Å². The number of rotatable bonds is 2. The van der Waals surface area contributed by atoms with Gasteiger partial charge in [0.2, 0.25) is 0 Å². The highest BCUT2D eigenvalue weighted by Crippen LogP contribution is 2.24. The van der Waals surface area contributed by atoms with Gasteiger partial charge in [-0.2, -0.15) is 0 Å². The fraction of sp³-hybridized carbons (Fsp3) is 0.750. The molecule has 0 saturated heterocycles. The van der Waals surface area contributed by atoms with Crippen LogP contribution in [0.1, 0.15) is 41.5 Å². The molecule has 0 heterocycles. The Balaban J connectivity index is 4.81. The second kappa shape index (κ2) is 4.63. The first-order chi connectivity index (χ1) is 6.58. The molecule has 0 fully saturated rings. The van der Waals surface area contributed by atoms with Crippen LogP contribution in [-0.4, -0.2) is 23.5 Å². The Kier molecular flexibility index (Phi) is 4.29. The molecule has 0 amide bonds. The van der Waals surface area contributed by atoms with Crippen LogP contribution < -0.4 is 0 Å². The van der Waals surface area contributed by atoms with E-state index >= 15 is 0 Å². The number of aliphatic imine (C=N–C) groups is 1. The Morgan fingerprint density at radius 2 is 1.73 bits per heavy atom. The smallest absolute Gasteiger partial charge is 0.332 e. The van der Waals surface area contributed by atoms with Crippen molar-refractivity contribution in [1.29, 1.82) is 0 Å². The normalized spacial score (nSPS) is 14.0. The number of carbonyl (C=O) groups is 1. The van der Waals surface area contributed by atoms with Crippen molar-refractivity contribution in [2.75, 3.05) is 0 Å². The summed E-state index contributed by atoms with van der Waals surface area (Å²) in [5, 5.41) is 0. The molecule has 0 aromatic heterocycles. The maximum absolute atomic E-state index is 11.8. The first-order valence-corrected chi connectivity index (χ1v) is 5.03. The zero-order valence-electron chi connectivity index (χ0n) is 10.5. The van der Waals surface area contributed by atoms with Crippen LogP contribution in [0.4, 0.5) is 0 Å². The van der Waals surface area contributed by atoms with E-state index in [0.29, 0.717) is 0 Å². The molecule has 0 spiro atoms. The molecule has 0 aliphatic carbocycles. The molecule has 0 aromatic carbocycles. The Morgan fingerprint density at radius 3 is 2.00 bits per heavy atom. The van der Waals surface area contributed by atoms with Crippen LogP contribution in [0.5, 0.6) is 0 Å². The van der Waals surface area contributed by atoms with E-state index in [-0.39, 0.29) is 11.4 Å². The molecule has 0 aliphatic heterocycles. The van der Waals surface area contributed by atoms with Crippen molar-refractivity contribution in [3.05, 3.63) is 6.58 Å². The van der Waals surface area contributed by atoms with Gasteiger partial charge < -0.3 is 4.74 Å². The summed E-state index contributed by atoms with van der Waals surface area (Å²) in [5.74, 6) is 2.09. The minimum absolute atomic E-state index is 0.285. The van der Waals surface area contributed by atoms with E-state index in [4.69, 9.17) is 4.74 Å². The summed E-state index contributed by atoms with van der Waals surface area (Å²) in [6, 6.07) is -0.547. The SMILES string of the molecule is C=C=N[C@H](C(=O)OC(C)(C)C)C(C)(C)C. The highest BCUT2D eigenvalue weighted by molar-refractivity contribution is 5.78. The van der Waals surface area contributed by atoms with Crippen molar-refractivity contribution in [2.45, 2.75) is 53.2 Å². The minimum Gasteiger partial charge on any atom is -0.458 e. The third-order valence-electron chi connectivity index (χ3n) is 1.67. The molecule has 15 heavy (non-hydrogen) atoms. The van der Waals surface area contributed by atoms with Crippen molar-refractivity contribution in [3.63, 3.8) is 0 Å². The predicted molar refractivity (Wildman–Crippen MR) is 62.2 cm³/mol. The van der Waals surface area contributed by atoms with E-state index in [9.17, 15) is 4.79 Å². The Hall–Kier alpha value is -1.08. The third kappa shape index (κ3) is 5.38. The average Bonchev–Trinajstić information content (AvgIpc) is 1.93. The Morgan fingerprint density at radius 1 is 1.27 bits per heavy atom. The van der Waals surface area contributed by atoms with Gasteiger partial charge in [0.05, 0.1) is 0 Å². The molecule has 0 bridgehead atoms. The fourth-order valence-corrected chi connectivity index (χ4v) is 1.05. The number of esters is 1. The molecule has 0 aliphatic rings. The summed E-state index contributed by atoms with van der Waals surface area (Å²) in [7, 11) is 0. The molecule has 3 nitrogen and oxygen atoms in total. The summed E-state index contributed by atoms with van der Waals surface area (Å²) in [6.45, 7) is 14.7. The molecule has 0 N–H and O–H groups in total. The van der Waals surface area contributed by atoms with Crippen LogP contribution in [0.15, 0.2) is 11.6 Å². The predicted octanol–water partition coefficient (Wildman–Crippen LogP) is 2.60. The van der Waals surface area contributed by atoms with Crippen molar-refractivity contribution in [1.82, 2.24) is 0 Å². The zero-order valence-corrected chi connectivity index (χ0v) is 10.5. The molecule has 86 valence electrons. The summed E-state index contributed by atoms with van der Waals surface area (Å²) < 4.78 is 5.28. The highest BCUT2D eigenvalue weighted by atomic mass is 16.6. The molecule has 1 atom stereocenters. The van der Waals surface area contributed by atoms with Crippen LogP contribution in [-0.2, 0) is 9.53 Å². The third-order valence-corrected chi connectivity index (χ3v) is 1.67. The highest BCUT2D eigenvalue weighted by Gasteiger charge is 2.34. The van der Waals surface area contributed by atoms with E-state index in [1.165, 1.54) is 0 Å². The lowest BCUT2D eigenvalue weighted by molar-refractivity contribution is -0.158. The maximum Gasteiger partial charge on any atom is 0.332 e. The second-order valence-electron chi connectivity index (χ2n) is 5.59. The molecule has 0 unspecified atom stereocenters. The lowest BCUT2D eigenvalue weighted by Gasteiger charge is -2.28. The van der Waals surface area contributed by atoms with Gasteiger partial charge >= 0.3 is 5.97 Å². The van der Waals surface area contributed by atoms with Gasteiger partial charge in [0.15, 0.2) is 6.04 Å². The van der Waals surface area contributed by atoms with Crippen LogP contribution >= 0.6 is 0 Å². The summed E-state index contributed by atoms with van der Waals surface area (Å²) in [4.78, 5) is 15.8. The minimum atomic E-state index is -0.547. The Labute approximate surface area is 92.2 Å². The largest absolute Gasteiger partial charge is 0.458 e. The van der Waals surface area contributed by atoms with Gasteiger partial charge in [-0.05, 0) is 38.6 Å². The zero-order chi connectivity index (χ0) is 12.3. The van der Waals surface area contributed by atoms with Crippen LogP contribution in [0.2, 0.25) is 0 Å². The van der Waals surface area contributed by atoms with Gasteiger partial charge in [-0.1, -0.05) is 20.8 Å². The van der Waals surface area contributed by atoms with Crippen molar-refractivity contribution in [2.24, 2.45) is 10.4 Å². The molecule has 0 rings (SSSR count). The molecular formula is C12H21NO2. The van der Waals surface area contributed by atoms with E-state index in [2.05, 4.69) is 17.4 Å². The second-order valence-corrected chi connectivity index (χ2v) is 5.59. The topological polar surface area (TPSA) is 38.7 Å². The fourth-order valence-electron chi connectivity index (χ4n) is 1.05. The van der Waals surface area contributed by atoms with E-state index in [0.717, 1.165) is 0 Å². The molecule has 0 radical (unpaired) electrons. The molecule has 0 saturated carbocycles. The van der Waals surface area contributed by atoms with Crippen LogP contribution in [0.25, 0.3) is 0 Å². The summed E-state index contributed by atoms with van der Waals surface area (Å²) in [5.41, 5.74) is -0.774. The molecule has 3 heteroatoms. The van der Waals surface area contributed by atoms with Crippen LogP contribution in [0, 0.1) is 5.41 Å². The quantitative estimate of drug-likeness (QED) is 0.520. The van der Waals surface area contributed by atoms with Gasteiger partial charge in [-0.25, -0.2) is 9.79 Å². The molecule has 0 aromatic rings. The summed E-state index contributed by atoms with van der Waals surface area (Å²) in [6.07, 6.45) is 0. The number of hydrogen-bond donors (Lipinski definition) is 0. The maximum atomic E-state index is 11.8. The Bertz CT molecular complexity index is 275. The van der Waals surface area contributed by atoms with Gasteiger partial charge in [-0.3, -0.25) is 0 Å². The number of ether oxygens (including phenoxy) is 1. The van der Waals surface area contributed by atoms with E-state index in [1.807, 2.05) is 41.5 Å². The standard InChI is InChI=1S/C12H21NO2/c1-8-13-9(11(2,3)4)10(14)15-12(5,6)7/h9H,1H2,2-7H3/t9-/m1/s1. The first-order valence-electron chi connectivity index (χ1n) is 5.03. The van der Waals surface area contributed by atoms with Crippen molar-refractivity contribution in [3.8, 4) is 0 Å². The molecular weight excluding hydrogens is 190 g/mol. The van der Waals surface area contributed by atoms with Crippen molar-refractivity contribution >= 4 is 11.8 Å². The number of hydrogen-bond acceptors (Lipinski definition) is 3. The monoisotopic (exact) mass is 211 g/mol. The van der Waals surface area contributed by atoms with Gasteiger partial charge in [-0.15, -0.1) is 0 Å². The van der Waals surface area contributed by atoms with E-state index < -0.39 is 11.6 Å². The lowest BCUT2D eigenvalue weighted by atomic mass is 9.87. The lowest BCUT2D eigenvalue weighted by Crippen LogP contribution is -2.38. The summed E-state index contributed by atoms with van der Waals surface area (Å²) >= 11 is 0.